The fourth-order valence-corrected chi connectivity index (χ4v) is 4.12. The van der Waals surface area contributed by atoms with Crippen LogP contribution in [0.4, 0.5) is 0 Å². The third kappa shape index (κ3) is 2.52. The Hall–Kier alpha value is -2.02. The molecular formula is C18H17Cl2N3O3. The van der Waals surface area contributed by atoms with Gasteiger partial charge in [0.15, 0.2) is 0 Å². The Morgan fingerprint density at radius 2 is 2.19 bits per heavy atom. The first-order valence-corrected chi connectivity index (χ1v) is 9.01. The minimum absolute atomic E-state index is 0.288. The van der Waals surface area contributed by atoms with E-state index in [9.17, 15) is 9.90 Å². The maximum atomic E-state index is 12.0. The lowest BCUT2D eigenvalue weighted by molar-refractivity contribution is -0.135. The summed E-state index contributed by atoms with van der Waals surface area (Å²) in [5.41, 5.74) is 5.27. The molecule has 0 unspecified atom stereocenters. The van der Waals surface area contributed by atoms with E-state index < -0.39 is 6.61 Å². The van der Waals surface area contributed by atoms with Crippen LogP contribution in [0.1, 0.15) is 22.7 Å². The molecule has 0 saturated carbocycles. The van der Waals surface area contributed by atoms with Crippen LogP contribution in [-0.4, -0.2) is 39.2 Å². The molecule has 136 valence electrons. The van der Waals surface area contributed by atoms with E-state index in [-0.39, 0.29) is 5.91 Å². The zero-order valence-corrected chi connectivity index (χ0v) is 15.8. The third-order valence-electron chi connectivity index (χ3n) is 4.93. The number of hydrogen-bond acceptors (Lipinski definition) is 4. The van der Waals surface area contributed by atoms with Crippen LogP contribution in [0.5, 0.6) is 0 Å². The first-order valence-electron chi connectivity index (χ1n) is 8.25. The maximum Gasteiger partial charge on any atom is 0.248 e. The fourth-order valence-electron chi connectivity index (χ4n) is 3.72. The van der Waals surface area contributed by atoms with E-state index >= 15 is 0 Å². The molecule has 8 heteroatoms. The average Bonchev–Trinajstić information content (AvgIpc) is 3.17. The second-order valence-corrected chi connectivity index (χ2v) is 7.26. The van der Waals surface area contributed by atoms with Gasteiger partial charge in [-0.1, -0.05) is 28.4 Å². The predicted octanol–water partition coefficient (Wildman–Crippen LogP) is 3.62. The van der Waals surface area contributed by atoms with Gasteiger partial charge in [-0.05, 0) is 25.5 Å². The molecule has 4 rings (SSSR count). The third-order valence-corrected chi connectivity index (χ3v) is 5.72. The molecule has 0 aliphatic carbocycles. The van der Waals surface area contributed by atoms with E-state index in [1.807, 2.05) is 19.9 Å². The normalized spacial score (nSPS) is 14.1. The second-order valence-electron chi connectivity index (χ2n) is 6.47. The monoisotopic (exact) mass is 393 g/mol. The highest BCUT2D eigenvalue weighted by Gasteiger charge is 2.28. The summed E-state index contributed by atoms with van der Waals surface area (Å²) < 4.78 is 5.33. The van der Waals surface area contributed by atoms with Gasteiger partial charge in [0.05, 0.1) is 21.3 Å². The minimum atomic E-state index is -0.499. The van der Waals surface area contributed by atoms with Crippen molar-refractivity contribution in [3.05, 3.63) is 38.8 Å². The topological polar surface area (TPSA) is 82.4 Å². The highest BCUT2D eigenvalue weighted by Crippen LogP contribution is 2.43. The fraction of sp³-hybridized carbons (Fsp3) is 0.333. The summed E-state index contributed by atoms with van der Waals surface area (Å²) >= 11 is 12.8. The van der Waals surface area contributed by atoms with Gasteiger partial charge in [0.25, 0.3) is 0 Å². The molecule has 3 aromatic rings. The van der Waals surface area contributed by atoms with Crippen LogP contribution in [0.15, 0.2) is 10.6 Å². The Balaban J connectivity index is 2.01. The summed E-state index contributed by atoms with van der Waals surface area (Å²) in [6.07, 6.45) is 0.657. The van der Waals surface area contributed by atoms with Gasteiger partial charge in [0.1, 0.15) is 12.4 Å². The zero-order valence-electron chi connectivity index (χ0n) is 14.3. The SMILES string of the molecule is Cc1noc(C)c1-c1cc(Cl)c(Cl)c2[nH]c3c(c12)CN(C(=O)CO)CC3. The van der Waals surface area contributed by atoms with Crippen molar-refractivity contribution < 1.29 is 14.4 Å². The molecule has 0 bridgehead atoms. The molecule has 1 aliphatic heterocycles. The molecule has 0 saturated heterocycles. The van der Waals surface area contributed by atoms with Gasteiger partial charge in [-0.2, -0.15) is 0 Å². The highest BCUT2D eigenvalue weighted by atomic mass is 35.5. The van der Waals surface area contributed by atoms with Crippen LogP contribution in [0.3, 0.4) is 0 Å². The minimum Gasteiger partial charge on any atom is -0.387 e. The number of carbonyl (C=O) groups is 1. The van der Waals surface area contributed by atoms with Crippen molar-refractivity contribution in [2.75, 3.05) is 13.2 Å². The number of aliphatic hydroxyl groups excluding tert-OH is 1. The number of carbonyl (C=O) groups excluding carboxylic acids is 1. The Morgan fingerprint density at radius 3 is 2.85 bits per heavy atom. The highest BCUT2D eigenvalue weighted by molar-refractivity contribution is 6.45. The summed E-state index contributed by atoms with van der Waals surface area (Å²) in [7, 11) is 0. The number of aromatic nitrogens is 2. The summed E-state index contributed by atoms with van der Waals surface area (Å²) in [6.45, 7) is 4.18. The number of halogens is 2. The summed E-state index contributed by atoms with van der Waals surface area (Å²) in [4.78, 5) is 17.0. The van der Waals surface area contributed by atoms with Gasteiger partial charge in [0, 0.05) is 41.7 Å². The molecule has 1 amide bonds. The zero-order chi connectivity index (χ0) is 18.6. The molecule has 0 spiro atoms. The number of H-pyrrole nitrogens is 1. The Labute approximate surface area is 159 Å². The van der Waals surface area contributed by atoms with Crippen LogP contribution >= 0.6 is 23.2 Å². The number of rotatable bonds is 2. The number of aryl methyl sites for hydroxylation is 2. The number of nitrogens with one attached hydrogen (secondary N) is 1. The summed E-state index contributed by atoms with van der Waals surface area (Å²) in [6, 6.07) is 1.82. The van der Waals surface area contributed by atoms with E-state index in [0.717, 1.165) is 39.0 Å². The summed E-state index contributed by atoms with van der Waals surface area (Å²) in [5, 5.41) is 15.1. The number of benzene rings is 1. The lowest BCUT2D eigenvalue weighted by atomic mass is 9.95. The smallest absolute Gasteiger partial charge is 0.248 e. The number of aromatic amines is 1. The van der Waals surface area contributed by atoms with E-state index in [4.69, 9.17) is 27.7 Å². The molecular weight excluding hydrogens is 377 g/mol. The van der Waals surface area contributed by atoms with Gasteiger partial charge in [-0.25, -0.2) is 0 Å². The van der Waals surface area contributed by atoms with Crippen molar-refractivity contribution in [1.29, 1.82) is 0 Å². The quantitative estimate of drug-likeness (QED) is 0.696. The lowest BCUT2D eigenvalue weighted by Crippen LogP contribution is -2.37. The van der Waals surface area contributed by atoms with Gasteiger partial charge in [0.2, 0.25) is 5.91 Å². The molecule has 1 aromatic carbocycles. The molecule has 0 fully saturated rings. The van der Waals surface area contributed by atoms with Crippen molar-refractivity contribution in [3.63, 3.8) is 0 Å². The molecule has 1 aliphatic rings. The standard InChI is InChI=1S/C18H17Cl2N3O3/c1-8-15(9(2)26-22-8)10-5-12(19)17(20)18-16(10)11-6-23(14(25)7-24)4-3-13(11)21-18/h5,21,24H,3-4,6-7H2,1-2H3. The molecule has 2 aromatic heterocycles. The predicted molar refractivity (Wildman–Crippen MR) is 99.5 cm³/mol. The number of aliphatic hydroxyl groups is 1. The number of nitrogens with zero attached hydrogens (tertiary/aromatic N) is 2. The van der Waals surface area contributed by atoms with E-state index in [1.165, 1.54) is 0 Å². The van der Waals surface area contributed by atoms with Crippen molar-refractivity contribution in [3.8, 4) is 11.1 Å². The molecule has 0 atom stereocenters. The number of amides is 1. The van der Waals surface area contributed by atoms with E-state index in [0.29, 0.717) is 35.3 Å². The number of hydrogen-bond donors (Lipinski definition) is 2. The second kappa shape index (κ2) is 6.30. The first kappa shape index (κ1) is 17.4. The van der Waals surface area contributed by atoms with Crippen LogP contribution in [-0.2, 0) is 17.8 Å². The average molecular weight is 394 g/mol. The van der Waals surface area contributed by atoms with E-state index in [2.05, 4.69) is 10.1 Å². The molecule has 3 heterocycles. The molecule has 6 nitrogen and oxygen atoms in total. The van der Waals surface area contributed by atoms with E-state index in [1.54, 1.807) is 4.90 Å². The largest absolute Gasteiger partial charge is 0.387 e. The van der Waals surface area contributed by atoms with Crippen LogP contribution < -0.4 is 0 Å². The molecule has 2 N–H and O–H groups in total. The van der Waals surface area contributed by atoms with Crippen molar-refractivity contribution in [2.45, 2.75) is 26.8 Å². The van der Waals surface area contributed by atoms with Gasteiger partial charge in [-0.15, -0.1) is 0 Å². The van der Waals surface area contributed by atoms with Gasteiger partial charge >= 0.3 is 0 Å². The number of fused-ring (bicyclic) bond motifs is 3. The van der Waals surface area contributed by atoms with Crippen molar-refractivity contribution in [2.24, 2.45) is 0 Å². The van der Waals surface area contributed by atoms with Crippen LogP contribution in [0, 0.1) is 13.8 Å². The van der Waals surface area contributed by atoms with Crippen molar-refractivity contribution >= 4 is 40.0 Å². The Kier molecular flexibility index (Phi) is 4.22. The molecule has 26 heavy (non-hydrogen) atoms. The first-order chi connectivity index (χ1) is 12.4. The Morgan fingerprint density at radius 1 is 1.42 bits per heavy atom. The summed E-state index contributed by atoms with van der Waals surface area (Å²) in [5.74, 6) is 0.403. The molecule has 0 radical (unpaired) electrons. The Bertz CT molecular complexity index is 1020. The lowest BCUT2D eigenvalue weighted by Gasteiger charge is -2.27. The van der Waals surface area contributed by atoms with Crippen LogP contribution in [0.25, 0.3) is 22.0 Å². The van der Waals surface area contributed by atoms with Crippen molar-refractivity contribution in [1.82, 2.24) is 15.0 Å². The van der Waals surface area contributed by atoms with Crippen LogP contribution in [0.2, 0.25) is 10.0 Å². The maximum absolute atomic E-state index is 12.0. The van der Waals surface area contributed by atoms with Gasteiger partial charge in [-0.3, -0.25) is 4.79 Å². The van der Waals surface area contributed by atoms with Gasteiger partial charge < -0.3 is 19.5 Å².